The van der Waals surface area contributed by atoms with Crippen LogP contribution in [-0.4, -0.2) is 29.1 Å². The molecule has 2 rings (SSSR count). The minimum absolute atomic E-state index is 0.160. The van der Waals surface area contributed by atoms with Crippen LogP contribution in [0.25, 0.3) is 0 Å². The summed E-state index contributed by atoms with van der Waals surface area (Å²) in [4.78, 5) is 18.5. The molecule has 1 saturated heterocycles. The lowest BCUT2D eigenvalue weighted by molar-refractivity contribution is 0.0700. The monoisotopic (exact) mass is 268 g/mol. The molecule has 1 aliphatic rings. The topological polar surface area (TPSA) is 53.4 Å². The number of anilines is 1. The van der Waals surface area contributed by atoms with Gasteiger partial charge in [-0.05, 0) is 18.8 Å². The Bertz CT molecular complexity index is 421. The third-order valence-corrected chi connectivity index (χ3v) is 4.38. The van der Waals surface area contributed by atoms with Crippen LogP contribution in [0.1, 0.15) is 60.8 Å². The maximum Gasteiger partial charge on any atom is 0.347 e. The molecule has 0 radical (unpaired) electrons. The third kappa shape index (κ3) is 2.83. The fourth-order valence-corrected chi connectivity index (χ4v) is 3.37. The van der Waals surface area contributed by atoms with Gasteiger partial charge in [0, 0.05) is 13.1 Å². The van der Waals surface area contributed by atoms with Crippen LogP contribution in [0.4, 0.5) is 5.13 Å². The van der Waals surface area contributed by atoms with Gasteiger partial charge in [-0.3, -0.25) is 0 Å². The molecule has 1 fully saturated rings. The number of carboxylic acid groups (broad SMARTS) is 1. The van der Waals surface area contributed by atoms with Crippen molar-refractivity contribution in [3.63, 3.8) is 0 Å². The van der Waals surface area contributed by atoms with E-state index in [1.165, 1.54) is 37.0 Å². The molecule has 1 aliphatic heterocycles. The van der Waals surface area contributed by atoms with Crippen molar-refractivity contribution in [1.29, 1.82) is 0 Å². The van der Waals surface area contributed by atoms with Crippen LogP contribution in [0.3, 0.4) is 0 Å². The van der Waals surface area contributed by atoms with Crippen molar-refractivity contribution in [3.8, 4) is 0 Å². The van der Waals surface area contributed by atoms with Gasteiger partial charge in [0.1, 0.15) is 4.88 Å². The molecule has 0 aromatic carbocycles. The normalized spacial score (nSPS) is 16.9. The van der Waals surface area contributed by atoms with Gasteiger partial charge in [0.05, 0.1) is 5.69 Å². The second-order valence-electron chi connectivity index (χ2n) is 5.07. The highest BCUT2D eigenvalue weighted by Gasteiger charge is 2.22. The predicted octanol–water partition coefficient (Wildman–Crippen LogP) is 3.35. The molecule has 0 spiro atoms. The van der Waals surface area contributed by atoms with Crippen molar-refractivity contribution < 1.29 is 9.90 Å². The summed E-state index contributed by atoms with van der Waals surface area (Å²) >= 11 is 1.33. The van der Waals surface area contributed by atoms with Crippen LogP contribution in [-0.2, 0) is 0 Å². The van der Waals surface area contributed by atoms with E-state index in [0.717, 1.165) is 23.9 Å². The number of thiazole rings is 1. The molecule has 2 heterocycles. The van der Waals surface area contributed by atoms with E-state index in [1.807, 2.05) is 13.8 Å². The summed E-state index contributed by atoms with van der Waals surface area (Å²) in [6.07, 6.45) is 4.90. The van der Waals surface area contributed by atoms with Crippen LogP contribution in [0.15, 0.2) is 0 Å². The molecule has 5 heteroatoms. The van der Waals surface area contributed by atoms with Gasteiger partial charge in [0.2, 0.25) is 0 Å². The summed E-state index contributed by atoms with van der Waals surface area (Å²) in [5, 5.41) is 10.1. The smallest absolute Gasteiger partial charge is 0.347 e. The summed E-state index contributed by atoms with van der Waals surface area (Å²) < 4.78 is 0. The van der Waals surface area contributed by atoms with Crippen LogP contribution >= 0.6 is 11.3 Å². The average molecular weight is 268 g/mol. The minimum Gasteiger partial charge on any atom is -0.477 e. The molecule has 0 unspecified atom stereocenters. The van der Waals surface area contributed by atoms with Crippen molar-refractivity contribution in [2.45, 2.75) is 45.4 Å². The number of carboxylic acids is 1. The van der Waals surface area contributed by atoms with Crippen LogP contribution < -0.4 is 4.90 Å². The lowest BCUT2D eigenvalue weighted by Gasteiger charge is -2.18. The van der Waals surface area contributed by atoms with Crippen LogP contribution in [0.5, 0.6) is 0 Å². The zero-order valence-electron chi connectivity index (χ0n) is 11.0. The lowest BCUT2D eigenvalue weighted by atomic mass is 10.1. The highest BCUT2D eigenvalue weighted by Crippen LogP contribution is 2.31. The molecule has 100 valence electrons. The van der Waals surface area contributed by atoms with Gasteiger partial charge in [0.25, 0.3) is 0 Å². The van der Waals surface area contributed by atoms with E-state index in [9.17, 15) is 9.90 Å². The quantitative estimate of drug-likeness (QED) is 0.913. The molecule has 1 aromatic heterocycles. The number of rotatable bonds is 3. The Morgan fingerprint density at radius 2 is 1.89 bits per heavy atom. The summed E-state index contributed by atoms with van der Waals surface area (Å²) in [5.41, 5.74) is 0.728. The standard InChI is InChI=1S/C13H20N2O2S/c1-9(2)10-11(12(16)17)18-13(14-10)15-7-5-3-4-6-8-15/h9H,3-8H2,1-2H3,(H,16,17). The maximum atomic E-state index is 11.2. The van der Waals surface area contributed by atoms with Crippen molar-refractivity contribution in [1.82, 2.24) is 4.98 Å². The predicted molar refractivity (Wildman–Crippen MR) is 73.8 cm³/mol. The number of aromatic nitrogens is 1. The van der Waals surface area contributed by atoms with Crippen molar-refractivity contribution >= 4 is 22.4 Å². The van der Waals surface area contributed by atoms with E-state index in [2.05, 4.69) is 9.88 Å². The lowest BCUT2D eigenvalue weighted by Crippen LogP contribution is -2.23. The SMILES string of the molecule is CC(C)c1nc(N2CCCCCC2)sc1C(=O)O. The van der Waals surface area contributed by atoms with Crippen molar-refractivity contribution in [2.75, 3.05) is 18.0 Å². The summed E-state index contributed by atoms with van der Waals surface area (Å²) in [6, 6.07) is 0. The van der Waals surface area contributed by atoms with Crippen molar-refractivity contribution in [3.05, 3.63) is 10.6 Å². The van der Waals surface area contributed by atoms with E-state index in [4.69, 9.17) is 0 Å². The van der Waals surface area contributed by atoms with Gasteiger partial charge in [-0.2, -0.15) is 0 Å². The Hall–Kier alpha value is -1.10. The molecule has 4 nitrogen and oxygen atoms in total. The largest absolute Gasteiger partial charge is 0.477 e. The Morgan fingerprint density at radius 1 is 1.28 bits per heavy atom. The van der Waals surface area contributed by atoms with Gasteiger partial charge >= 0.3 is 5.97 Å². The molecule has 0 saturated carbocycles. The zero-order valence-corrected chi connectivity index (χ0v) is 11.8. The molecule has 0 bridgehead atoms. The Morgan fingerprint density at radius 3 is 2.33 bits per heavy atom. The first-order valence-corrected chi connectivity index (χ1v) is 7.40. The molecule has 1 aromatic rings. The fraction of sp³-hybridized carbons (Fsp3) is 0.692. The first kappa shape index (κ1) is 13.3. The molecule has 18 heavy (non-hydrogen) atoms. The van der Waals surface area contributed by atoms with Gasteiger partial charge < -0.3 is 10.0 Å². The second kappa shape index (κ2) is 5.69. The molecule has 0 atom stereocenters. The number of nitrogens with zero attached hydrogens (tertiary/aromatic N) is 2. The molecular formula is C13H20N2O2S. The van der Waals surface area contributed by atoms with E-state index in [-0.39, 0.29) is 5.92 Å². The zero-order chi connectivity index (χ0) is 13.1. The Kier molecular flexibility index (Phi) is 4.22. The fourth-order valence-electron chi connectivity index (χ4n) is 2.26. The molecule has 1 N–H and O–H groups in total. The third-order valence-electron chi connectivity index (χ3n) is 3.26. The van der Waals surface area contributed by atoms with E-state index in [1.54, 1.807) is 0 Å². The highest BCUT2D eigenvalue weighted by molar-refractivity contribution is 7.17. The van der Waals surface area contributed by atoms with Gasteiger partial charge in [-0.1, -0.05) is 38.0 Å². The number of hydrogen-bond donors (Lipinski definition) is 1. The second-order valence-corrected chi connectivity index (χ2v) is 6.05. The summed E-state index contributed by atoms with van der Waals surface area (Å²) in [7, 11) is 0. The van der Waals surface area contributed by atoms with E-state index >= 15 is 0 Å². The van der Waals surface area contributed by atoms with E-state index in [0.29, 0.717) is 4.88 Å². The number of aromatic carboxylic acids is 1. The molecule has 0 amide bonds. The maximum absolute atomic E-state index is 11.2. The number of carbonyl (C=O) groups is 1. The van der Waals surface area contributed by atoms with E-state index < -0.39 is 5.97 Å². The Balaban J connectivity index is 2.27. The van der Waals surface area contributed by atoms with Gasteiger partial charge in [-0.15, -0.1) is 0 Å². The van der Waals surface area contributed by atoms with Gasteiger partial charge in [0.15, 0.2) is 5.13 Å². The van der Waals surface area contributed by atoms with Crippen LogP contribution in [0.2, 0.25) is 0 Å². The summed E-state index contributed by atoms with van der Waals surface area (Å²) in [5.74, 6) is -0.689. The first-order chi connectivity index (χ1) is 8.59. The molecule has 0 aliphatic carbocycles. The highest BCUT2D eigenvalue weighted by atomic mass is 32.1. The average Bonchev–Trinajstić information content (AvgIpc) is 2.59. The number of hydrogen-bond acceptors (Lipinski definition) is 4. The molecular weight excluding hydrogens is 248 g/mol. The van der Waals surface area contributed by atoms with Crippen molar-refractivity contribution in [2.24, 2.45) is 0 Å². The minimum atomic E-state index is -0.850. The summed E-state index contributed by atoms with van der Waals surface area (Å²) in [6.45, 7) is 6.00. The first-order valence-electron chi connectivity index (χ1n) is 6.58. The van der Waals surface area contributed by atoms with Gasteiger partial charge in [-0.25, -0.2) is 9.78 Å². The Labute approximate surface area is 112 Å². The van der Waals surface area contributed by atoms with Crippen LogP contribution in [0, 0.1) is 0 Å².